The van der Waals surface area contributed by atoms with Gasteiger partial charge in [-0.25, -0.2) is 0 Å². The predicted molar refractivity (Wildman–Crippen MR) is 84.5 cm³/mol. The second-order valence-corrected chi connectivity index (χ2v) is 5.10. The van der Waals surface area contributed by atoms with Gasteiger partial charge in [0, 0.05) is 0 Å². The van der Waals surface area contributed by atoms with Gasteiger partial charge in [-0.2, -0.15) is 0 Å². The van der Waals surface area contributed by atoms with Gasteiger partial charge in [-0.15, -0.1) is 0 Å². The minimum atomic E-state index is -6.00. The molecule has 170 valence electrons. The van der Waals surface area contributed by atoms with Crippen molar-refractivity contribution >= 4 is 27.7 Å². The molecular weight excluding hydrogens is 476 g/mol. The summed E-state index contributed by atoms with van der Waals surface area (Å²) in [6.07, 6.45) is 0.947. The van der Waals surface area contributed by atoms with Crippen LogP contribution in [-0.2, 0) is 9.53 Å². The van der Waals surface area contributed by atoms with Gasteiger partial charge < -0.3 is 56.5 Å². The molecule has 1 aromatic carbocycles. The third-order valence-corrected chi connectivity index (χ3v) is 2.61. The van der Waals surface area contributed by atoms with E-state index >= 15 is 0 Å². The number of carbonyl (C=O) groups excluding carboxylic acids is 1. The van der Waals surface area contributed by atoms with Crippen LogP contribution in [0, 0.1) is 5.92 Å². The van der Waals surface area contributed by atoms with Gasteiger partial charge in [0.2, 0.25) is 0 Å². The minimum Gasteiger partial charge on any atom is -0.466 e. The van der Waals surface area contributed by atoms with E-state index in [2.05, 4.69) is 12.1 Å². The van der Waals surface area contributed by atoms with Gasteiger partial charge in [0.05, 0.1) is 12.5 Å². The Morgan fingerprint density at radius 1 is 0.833 bits per heavy atom. The Balaban J connectivity index is -0.000000383. The molecule has 30 heavy (non-hydrogen) atoms. The molecule has 0 spiro atoms. The quantitative estimate of drug-likeness (QED) is 0.370. The van der Waals surface area contributed by atoms with E-state index < -0.39 is 21.8 Å². The minimum absolute atomic E-state index is 0. The van der Waals surface area contributed by atoms with Gasteiger partial charge in [0.15, 0.2) is 0 Å². The largest absolute Gasteiger partial charge is 1.00 e. The number of hydrogen-bond donors (Lipinski definition) is 0. The molecule has 1 aromatic rings. The van der Waals surface area contributed by atoms with E-state index in [1.165, 1.54) is 5.56 Å². The first-order valence-corrected chi connectivity index (χ1v) is 7.66. The molecule has 2 rings (SSSR count). The van der Waals surface area contributed by atoms with Crippen molar-refractivity contribution in [3.63, 3.8) is 0 Å². The Hall–Kier alpha value is -0.319. The molecule has 0 heterocycles. The zero-order chi connectivity index (χ0) is 23.5. The van der Waals surface area contributed by atoms with Crippen LogP contribution in [0.5, 0.6) is 0 Å². The third-order valence-electron chi connectivity index (χ3n) is 2.61. The van der Waals surface area contributed by atoms with Crippen LogP contribution in [-0.4, -0.2) is 34.3 Å². The van der Waals surface area contributed by atoms with Crippen molar-refractivity contribution in [1.29, 1.82) is 0 Å². The number of hydrogen-bond acceptors (Lipinski definition) is 2. The monoisotopic (exact) mass is 490 g/mol. The maximum Gasteiger partial charge on any atom is 1.00 e. The van der Waals surface area contributed by atoms with Crippen LogP contribution in [0.2, 0.25) is 0 Å². The van der Waals surface area contributed by atoms with Crippen LogP contribution in [0.25, 0.3) is 0 Å². The molecule has 2 unspecified atom stereocenters. The number of rotatable bonds is 3. The summed E-state index contributed by atoms with van der Waals surface area (Å²) in [5, 5.41) is 0. The van der Waals surface area contributed by atoms with Crippen LogP contribution in [0.15, 0.2) is 30.3 Å². The number of carbonyl (C=O) groups is 1. The first-order chi connectivity index (χ1) is 12.8. The molecule has 0 radical (unpaired) electrons. The Labute approximate surface area is 206 Å². The van der Waals surface area contributed by atoms with E-state index in [1.807, 2.05) is 25.1 Å². The molecule has 0 bridgehead atoms. The van der Waals surface area contributed by atoms with Crippen LogP contribution in [0.4, 0.5) is 51.8 Å². The molecule has 0 aromatic heterocycles. The Morgan fingerprint density at radius 2 is 1.17 bits per heavy atom. The Kier molecular flexibility index (Phi) is 17.7. The summed E-state index contributed by atoms with van der Waals surface area (Å²) < 4.78 is 122. The molecule has 18 heteroatoms. The molecule has 1 aliphatic carbocycles. The second kappa shape index (κ2) is 15.5. The number of ether oxygens (including phenoxy) is 1. The molecule has 2 nitrogen and oxygen atoms in total. The molecule has 2 atom stereocenters. The summed E-state index contributed by atoms with van der Waals surface area (Å²) in [5.74, 6) is 0.467. The molecule has 1 saturated carbocycles. The number of benzene rings is 1. The molecule has 0 aliphatic heterocycles. The van der Waals surface area contributed by atoms with Gasteiger partial charge in [-0.05, 0) is 24.8 Å². The molecular formula is C12H14B3F12KO2-2. The summed E-state index contributed by atoms with van der Waals surface area (Å²) in [7, 11) is -18.0. The third kappa shape index (κ3) is 32.3. The molecule has 1 aliphatic rings. The normalized spacial score (nSPS) is 17.4. The van der Waals surface area contributed by atoms with Gasteiger partial charge in [0.1, 0.15) is 0 Å². The molecule has 0 amide bonds. The maximum absolute atomic E-state index is 11.4. The SMILES string of the molecule is CCOC(=O)C1CC1c1ccccc1.F[B-](F)(F)F.F[B-](F)(F)F.F[B-](F)(F)F.[K+]. The summed E-state index contributed by atoms with van der Waals surface area (Å²) in [4.78, 5) is 11.4. The van der Waals surface area contributed by atoms with Gasteiger partial charge >= 0.3 is 79.1 Å². The average molecular weight is 490 g/mol. The fourth-order valence-electron chi connectivity index (χ4n) is 1.77. The summed E-state index contributed by atoms with van der Waals surface area (Å²) in [5.41, 5.74) is 1.26. The van der Waals surface area contributed by atoms with Crippen molar-refractivity contribution < 1.29 is 113 Å². The van der Waals surface area contributed by atoms with Crippen molar-refractivity contribution in [3.8, 4) is 0 Å². The Bertz CT molecular complexity index is 536. The molecule has 0 saturated heterocycles. The van der Waals surface area contributed by atoms with Crippen molar-refractivity contribution in [1.82, 2.24) is 0 Å². The fourth-order valence-corrected chi connectivity index (χ4v) is 1.77. The fraction of sp³-hybridized carbons (Fsp3) is 0.417. The standard InChI is InChI=1S/C12H14O2.3BF4.K/c1-2-14-12(13)11-8-10(11)9-6-4-3-5-7-9;3*2-1(3,4)5;/h3-7,10-11H,2,8H2,1H3;;;;/q;3*-1;+1. The van der Waals surface area contributed by atoms with E-state index in [-0.39, 0.29) is 63.3 Å². The smallest absolute Gasteiger partial charge is 0.466 e. The summed E-state index contributed by atoms with van der Waals surface area (Å²) in [6.45, 7) is 2.33. The van der Waals surface area contributed by atoms with Crippen LogP contribution in [0.3, 0.4) is 0 Å². The van der Waals surface area contributed by atoms with Crippen molar-refractivity contribution in [2.75, 3.05) is 6.61 Å². The van der Waals surface area contributed by atoms with Gasteiger partial charge in [-0.3, -0.25) is 4.79 Å². The topological polar surface area (TPSA) is 26.3 Å². The number of halogens is 12. The van der Waals surface area contributed by atoms with Crippen LogP contribution in [0.1, 0.15) is 24.8 Å². The second-order valence-electron chi connectivity index (χ2n) is 5.10. The van der Waals surface area contributed by atoms with E-state index in [1.54, 1.807) is 0 Å². The average Bonchev–Trinajstić information content (AvgIpc) is 3.23. The Morgan fingerprint density at radius 3 is 1.47 bits per heavy atom. The zero-order valence-corrected chi connectivity index (χ0v) is 18.7. The van der Waals surface area contributed by atoms with E-state index in [0.29, 0.717) is 12.5 Å². The zero-order valence-electron chi connectivity index (χ0n) is 15.5. The first-order valence-electron chi connectivity index (χ1n) is 7.66. The van der Waals surface area contributed by atoms with Crippen molar-refractivity contribution in [2.24, 2.45) is 5.92 Å². The van der Waals surface area contributed by atoms with E-state index in [9.17, 15) is 56.6 Å². The van der Waals surface area contributed by atoms with Crippen LogP contribution >= 0.6 is 0 Å². The predicted octanol–water partition coefficient (Wildman–Crippen LogP) is 3.26. The first kappa shape index (κ1) is 34.3. The number of esters is 1. The van der Waals surface area contributed by atoms with Gasteiger partial charge in [-0.1, -0.05) is 30.3 Å². The van der Waals surface area contributed by atoms with E-state index in [0.717, 1.165) is 6.42 Å². The maximum atomic E-state index is 11.4. The van der Waals surface area contributed by atoms with Crippen LogP contribution < -0.4 is 51.4 Å². The summed E-state index contributed by atoms with van der Waals surface area (Å²) >= 11 is 0. The van der Waals surface area contributed by atoms with Crippen molar-refractivity contribution in [3.05, 3.63) is 35.9 Å². The summed E-state index contributed by atoms with van der Waals surface area (Å²) in [6, 6.07) is 10.2. The van der Waals surface area contributed by atoms with Crippen molar-refractivity contribution in [2.45, 2.75) is 19.3 Å². The van der Waals surface area contributed by atoms with Gasteiger partial charge in [0.25, 0.3) is 0 Å². The van der Waals surface area contributed by atoms with E-state index in [4.69, 9.17) is 4.74 Å². The molecule has 1 fully saturated rings. The molecule has 0 N–H and O–H groups in total.